The van der Waals surface area contributed by atoms with Gasteiger partial charge < -0.3 is 5.73 Å². The fourth-order valence-corrected chi connectivity index (χ4v) is 1.66. The normalized spacial score (nSPS) is 10.4. The van der Waals surface area contributed by atoms with Crippen LogP contribution in [-0.4, -0.2) is 6.54 Å². The van der Waals surface area contributed by atoms with Gasteiger partial charge in [0.2, 0.25) is 0 Å². The molecule has 1 heteroatoms. The van der Waals surface area contributed by atoms with Crippen LogP contribution in [0, 0.1) is 6.92 Å². The summed E-state index contributed by atoms with van der Waals surface area (Å²) in [6.07, 6.45) is 3.40. The number of rotatable bonds is 4. The Kier molecular flexibility index (Phi) is 3.97. The third-order valence-corrected chi connectivity index (χ3v) is 2.29. The Bertz CT molecular complexity index is 266. The largest absolute Gasteiger partial charge is 0.330 e. The van der Waals surface area contributed by atoms with Gasteiger partial charge in [-0.15, -0.1) is 0 Å². The maximum Gasteiger partial charge on any atom is -0.00366 e. The summed E-state index contributed by atoms with van der Waals surface area (Å²) in [5.41, 5.74) is 9.82. The lowest BCUT2D eigenvalue weighted by molar-refractivity contribution is 0.877. The second-order valence-electron chi connectivity index (χ2n) is 3.56. The zero-order chi connectivity index (χ0) is 9.68. The van der Waals surface area contributed by atoms with Gasteiger partial charge in [0.15, 0.2) is 0 Å². The molecule has 0 aromatic heterocycles. The molecule has 0 bridgehead atoms. The van der Waals surface area contributed by atoms with Crippen LogP contribution in [-0.2, 0) is 12.8 Å². The van der Waals surface area contributed by atoms with Crippen LogP contribution < -0.4 is 5.73 Å². The van der Waals surface area contributed by atoms with E-state index in [1.807, 2.05) is 0 Å². The van der Waals surface area contributed by atoms with Crippen molar-refractivity contribution >= 4 is 0 Å². The van der Waals surface area contributed by atoms with Crippen LogP contribution in [0.4, 0.5) is 0 Å². The summed E-state index contributed by atoms with van der Waals surface area (Å²) in [5.74, 6) is 0. The molecule has 0 saturated carbocycles. The lowest BCUT2D eigenvalue weighted by Gasteiger charge is -2.08. The van der Waals surface area contributed by atoms with Crippen LogP contribution in [0.3, 0.4) is 0 Å². The highest BCUT2D eigenvalue weighted by molar-refractivity contribution is 5.31. The summed E-state index contributed by atoms with van der Waals surface area (Å²) < 4.78 is 0. The van der Waals surface area contributed by atoms with Gasteiger partial charge in [0.1, 0.15) is 0 Å². The van der Waals surface area contributed by atoms with Crippen molar-refractivity contribution in [3.8, 4) is 0 Å². The van der Waals surface area contributed by atoms with Crippen molar-refractivity contribution in [3.05, 3.63) is 34.9 Å². The molecular formula is C12H19N. The highest BCUT2D eigenvalue weighted by atomic mass is 14.5. The Morgan fingerprint density at radius 2 is 1.92 bits per heavy atom. The summed E-state index contributed by atoms with van der Waals surface area (Å²) in [6.45, 7) is 5.10. The van der Waals surface area contributed by atoms with Crippen LogP contribution in [0.2, 0.25) is 0 Å². The average Bonchev–Trinajstić information content (AvgIpc) is 2.10. The monoisotopic (exact) mass is 177 g/mol. The highest BCUT2D eigenvalue weighted by Gasteiger charge is 2.00. The molecule has 2 N–H and O–H groups in total. The van der Waals surface area contributed by atoms with E-state index in [2.05, 4.69) is 32.0 Å². The van der Waals surface area contributed by atoms with Crippen molar-refractivity contribution in [1.82, 2.24) is 0 Å². The molecule has 0 fully saturated rings. The molecule has 0 unspecified atom stereocenters. The van der Waals surface area contributed by atoms with Gasteiger partial charge in [0, 0.05) is 0 Å². The van der Waals surface area contributed by atoms with E-state index in [0.29, 0.717) is 0 Å². The first-order valence-electron chi connectivity index (χ1n) is 5.06. The van der Waals surface area contributed by atoms with Crippen molar-refractivity contribution in [3.63, 3.8) is 0 Å². The molecule has 0 spiro atoms. The van der Waals surface area contributed by atoms with Crippen LogP contribution in [0.5, 0.6) is 0 Å². The highest BCUT2D eigenvalue weighted by Crippen LogP contribution is 2.13. The minimum atomic E-state index is 0.750. The van der Waals surface area contributed by atoms with E-state index < -0.39 is 0 Å². The molecule has 1 rings (SSSR count). The molecule has 72 valence electrons. The molecule has 0 saturated heterocycles. The first kappa shape index (κ1) is 10.3. The quantitative estimate of drug-likeness (QED) is 0.751. The summed E-state index contributed by atoms with van der Waals surface area (Å²) in [7, 11) is 0. The molecule has 0 amide bonds. The SMILES string of the molecule is CCCc1ccc(C)cc1CCN. The second-order valence-corrected chi connectivity index (χ2v) is 3.56. The first-order chi connectivity index (χ1) is 6.27. The lowest BCUT2D eigenvalue weighted by Crippen LogP contribution is -2.05. The summed E-state index contributed by atoms with van der Waals surface area (Å²) in [6, 6.07) is 6.69. The fraction of sp³-hybridized carbons (Fsp3) is 0.500. The van der Waals surface area contributed by atoms with Crippen LogP contribution in [0.15, 0.2) is 18.2 Å². The van der Waals surface area contributed by atoms with Crippen LogP contribution in [0.25, 0.3) is 0 Å². The minimum Gasteiger partial charge on any atom is -0.330 e. The Morgan fingerprint density at radius 1 is 1.15 bits per heavy atom. The zero-order valence-electron chi connectivity index (χ0n) is 8.64. The minimum absolute atomic E-state index is 0.750. The lowest BCUT2D eigenvalue weighted by atomic mass is 9.98. The van der Waals surface area contributed by atoms with E-state index in [0.717, 1.165) is 13.0 Å². The average molecular weight is 177 g/mol. The van der Waals surface area contributed by atoms with Gasteiger partial charge >= 0.3 is 0 Å². The third-order valence-electron chi connectivity index (χ3n) is 2.29. The Balaban J connectivity index is 2.89. The Hall–Kier alpha value is -0.820. The zero-order valence-corrected chi connectivity index (χ0v) is 8.64. The smallest absolute Gasteiger partial charge is 0.00366 e. The molecule has 0 aliphatic heterocycles. The molecule has 0 aliphatic rings. The summed E-state index contributed by atoms with van der Waals surface area (Å²) in [5, 5.41) is 0. The van der Waals surface area contributed by atoms with Crippen LogP contribution >= 0.6 is 0 Å². The number of benzene rings is 1. The van der Waals surface area contributed by atoms with E-state index in [4.69, 9.17) is 5.73 Å². The van der Waals surface area contributed by atoms with Gasteiger partial charge in [-0.3, -0.25) is 0 Å². The predicted molar refractivity (Wildman–Crippen MR) is 57.9 cm³/mol. The Labute approximate surface area is 81.0 Å². The number of hydrogen-bond donors (Lipinski definition) is 1. The summed E-state index contributed by atoms with van der Waals surface area (Å²) >= 11 is 0. The topological polar surface area (TPSA) is 26.0 Å². The maximum absolute atomic E-state index is 5.58. The van der Waals surface area contributed by atoms with E-state index in [9.17, 15) is 0 Å². The summed E-state index contributed by atoms with van der Waals surface area (Å²) in [4.78, 5) is 0. The van der Waals surface area contributed by atoms with Gasteiger partial charge in [-0.1, -0.05) is 37.1 Å². The Morgan fingerprint density at radius 3 is 2.54 bits per heavy atom. The molecule has 1 nitrogen and oxygen atoms in total. The van der Waals surface area contributed by atoms with E-state index >= 15 is 0 Å². The van der Waals surface area contributed by atoms with E-state index in [1.54, 1.807) is 0 Å². The van der Waals surface area contributed by atoms with Gasteiger partial charge in [-0.25, -0.2) is 0 Å². The molecule has 0 atom stereocenters. The predicted octanol–water partition coefficient (Wildman–Crippen LogP) is 2.45. The molecule has 0 radical (unpaired) electrons. The third kappa shape index (κ3) is 2.85. The number of hydrogen-bond acceptors (Lipinski definition) is 1. The van der Waals surface area contributed by atoms with Gasteiger partial charge in [-0.2, -0.15) is 0 Å². The van der Waals surface area contributed by atoms with Crippen molar-refractivity contribution in [1.29, 1.82) is 0 Å². The van der Waals surface area contributed by atoms with Gasteiger partial charge in [0.05, 0.1) is 0 Å². The van der Waals surface area contributed by atoms with Crippen molar-refractivity contribution < 1.29 is 0 Å². The van der Waals surface area contributed by atoms with Crippen molar-refractivity contribution in [2.24, 2.45) is 5.73 Å². The van der Waals surface area contributed by atoms with Gasteiger partial charge in [0.25, 0.3) is 0 Å². The standard InChI is InChI=1S/C12H19N/c1-3-4-11-6-5-10(2)9-12(11)7-8-13/h5-6,9H,3-4,7-8,13H2,1-2H3. The molecular weight excluding hydrogens is 158 g/mol. The number of nitrogens with two attached hydrogens (primary N) is 1. The molecule has 13 heavy (non-hydrogen) atoms. The maximum atomic E-state index is 5.58. The first-order valence-corrected chi connectivity index (χ1v) is 5.06. The van der Waals surface area contributed by atoms with Crippen molar-refractivity contribution in [2.75, 3.05) is 6.54 Å². The number of aryl methyl sites for hydroxylation is 2. The molecule has 1 aromatic rings. The van der Waals surface area contributed by atoms with E-state index in [-0.39, 0.29) is 0 Å². The van der Waals surface area contributed by atoms with Crippen molar-refractivity contribution in [2.45, 2.75) is 33.1 Å². The molecule has 0 heterocycles. The second kappa shape index (κ2) is 5.03. The fourth-order valence-electron chi connectivity index (χ4n) is 1.66. The van der Waals surface area contributed by atoms with Gasteiger partial charge in [-0.05, 0) is 37.4 Å². The van der Waals surface area contributed by atoms with Crippen LogP contribution in [0.1, 0.15) is 30.0 Å². The van der Waals surface area contributed by atoms with E-state index in [1.165, 1.54) is 29.5 Å². The molecule has 1 aromatic carbocycles. The molecule has 0 aliphatic carbocycles.